The van der Waals surface area contributed by atoms with Gasteiger partial charge in [-0.15, -0.1) is 0 Å². The standard InChI is InChI=1S/C20H19FN6O/c21-15-11-23-20(24-14-9-7-13(22)8-10-14)27-18(15)25-16-3-1-2-4-17(16)26-19(28)12-5-6-12/h1-4,7-12H,5-6,22H2,(H,26,28)(H2,23,24,25,27). The molecule has 0 radical (unpaired) electrons. The number of carbonyl (C=O) groups is 1. The van der Waals surface area contributed by atoms with E-state index in [9.17, 15) is 9.18 Å². The van der Waals surface area contributed by atoms with Crippen molar-refractivity contribution in [1.82, 2.24) is 9.97 Å². The second-order valence-electron chi connectivity index (χ2n) is 6.57. The topological polar surface area (TPSA) is 105 Å². The Bertz CT molecular complexity index is 1000. The number of benzene rings is 2. The van der Waals surface area contributed by atoms with Crippen molar-refractivity contribution in [3.63, 3.8) is 0 Å². The number of nitrogen functional groups attached to an aromatic ring is 1. The number of hydrogen-bond donors (Lipinski definition) is 4. The normalized spacial score (nSPS) is 13.0. The van der Waals surface area contributed by atoms with E-state index in [-0.39, 0.29) is 23.6 Å². The van der Waals surface area contributed by atoms with E-state index >= 15 is 0 Å². The number of amides is 1. The maximum absolute atomic E-state index is 14.3. The number of nitrogens with one attached hydrogen (secondary N) is 3. The molecular formula is C20H19FN6O. The molecule has 1 aromatic heterocycles. The minimum Gasteiger partial charge on any atom is -0.399 e. The third kappa shape index (κ3) is 4.17. The predicted molar refractivity (Wildman–Crippen MR) is 107 cm³/mol. The van der Waals surface area contributed by atoms with Gasteiger partial charge in [-0.1, -0.05) is 12.1 Å². The molecular weight excluding hydrogens is 359 g/mol. The Balaban J connectivity index is 1.54. The van der Waals surface area contributed by atoms with Crippen molar-refractivity contribution in [1.29, 1.82) is 0 Å². The van der Waals surface area contributed by atoms with Crippen molar-refractivity contribution in [3.05, 3.63) is 60.5 Å². The van der Waals surface area contributed by atoms with E-state index in [4.69, 9.17) is 5.73 Å². The third-order valence-electron chi connectivity index (χ3n) is 4.30. The maximum Gasteiger partial charge on any atom is 0.229 e. The molecule has 0 saturated heterocycles. The lowest BCUT2D eigenvalue weighted by molar-refractivity contribution is -0.117. The SMILES string of the molecule is Nc1ccc(Nc2ncc(F)c(Nc3ccccc3NC(=O)C3CC3)n2)cc1. The summed E-state index contributed by atoms with van der Waals surface area (Å²) in [6, 6.07) is 14.1. The maximum atomic E-state index is 14.3. The van der Waals surface area contributed by atoms with Gasteiger partial charge in [0.1, 0.15) is 0 Å². The highest BCUT2D eigenvalue weighted by Gasteiger charge is 2.30. The summed E-state index contributed by atoms with van der Waals surface area (Å²) in [5.74, 6) is -0.330. The summed E-state index contributed by atoms with van der Waals surface area (Å²) in [5, 5.41) is 8.82. The summed E-state index contributed by atoms with van der Waals surface area (Å²) in [6.45, 7) is 0. The van der Waals surface area contributed by atoms with Gasteiger partial charge >= 0.3 is 0 Å². The molecule has 1 saturated carbocycles. The van der Waals surface area contributed by atoms with Gasteiger partial charge in [0.05, 0.1) is 17.6 Å². The largest absolute Gasteiger partial charge is 0.399 e. The Hall–Kier alpha value is -3.68. The highest BCUT2D eigenvalue weighted by molar-refractivity contribution is 5.97. The number of rotatable bonds is 6. The molecule has 5 N–H and O–H groups in total. The van der Waals surface area contributed by atoms with Crippen LogP contribution >= 0.6 is 0 Å². The number of carbonyl (C=O) groups excluding carboxylic acids is 1. The zero-order valence-electron chi connectivity index (χ0n) is 14.9. The molecule has 28 heavy (non-hydrogen) atoms. The van der Waals surface area contributed by atoms with Gasteiger partial charge in [0, 0.05) is 17.3 Å². The monoisotopic (exact) mass is 378 g/mol. The molecule has 0 aliphatic heterocycles. The van der Waals surface area contributed by atoms with Crippen LogP contribution in [0.4, 0.5) is 38.9 Å². The first-order valence-electron chi connectivity index (χ1n) is 8.90. The summed E-state index contributed by atoms with van der Waals surface area (Å²) >= 11 is 0. The fourth-order valence-corrected chi connectivity index (χ4v) is 2.62. The first-order chi connectivity index (χ1) is 13.6. The Labute approximate surface area is 161 Å². The Morgan fingerprint density at radius 1 is 1.04 bits per heavy atom. The van der Waals surface area contributed by atoms with E-state index in [1.54, 1.807) is 48.5 Å². The van der Waals surface area contributed by atoms with Gasteiger partial charge in [-0.3, -0.25) is 4.79 Å². The lowest BCUT2D eigenvalue weighted by Gasteiger charge is -2.13. The second-order valence-corrected chi connectivity index (χ2v) is 6.57. The van der Waals surface area contributed by atoms with E-state index in [0.29, 0.717) is 17.1 Å². The highest BCUT2D eigenvalue weighted by atomic mass is 19.1. The molecule has 1 amide bonds. The first kappa shape index (κ1) is 17.7. The molecule has 0 atom stereocenters. The third-order valence-corrected chi connectivity index (χ3v) is 4.30. The zero-order chi connectivity index (χ0) is 19.5. The molecule has 0 bridgehead atoms. The van der Waals surface area contributed by atoms with Crippen LogP contribution in [0.3, 0.4) is 0 Å². The molecule has 1 heterocycles. The predicted octanol–water partition coefficient (Wildman–Crippen LogP) is 4.03. The smallest absolute Gasteiger partial charge is 0.229 e. The Morgan fingerprint density at radius 2 is 1.75 bits per heavy atom. The zero-order valence-corrected chi connectivity index (χ0v) is 14.9. The average molecular weight is 378 g/mol. The number of aromatic nitrogens is 2. The van der Waals surface area contributed by atoms with E-state index in [1.165, 1.54) is 0 Å². The molecule has 8 heteroatoms. The van der Waals surface area contributed by atoms with Crippen LogP contribution in [0.15, 0.2) is 54.7 Å². The fraction of sp³-hybridized carbons (Fsp3) is 0.150. The minimum atomic E-state index is -0.605. The van der Waals surface area contributed by atoms with Crippen LogP contribution in [0.5, 0.6) is 0 Å². The minimum absolute atomic E-state index is 0.000987. The average Bonchev–Trinajstić information content (AvgIpc) is 3.53. The fourth-order valence-electron chi connectivity index (χ4n) is 2.62. The summed E-state index contributed by atoms with van der Waals surface area (Å²) in [6.07, 6.45) is 2.89. The van der Waals surface area contributed by atoms with E-state index in [2.05, 4.69) is 25.9 Å². The van der Waals surface area contributed by atoms with E-state index < -0.39 is 5.82 Å². The van der Waals surface area contributed by atoms with Crippen LogP contribution in [0.2, 0.25) is 0 Å². The summed E-state index contributed by atoms with van der Waals surface area (Å²) < 4.78 is 14.3. The molecule has 7 nitrogen and oxygen atoms in total. The Morgan fingerprint density at radius 3 is 2.46 bits per heavy atom. The number of anilines is 6. The van der Waals surface area contributed by atoms with Crippen LogP contribution in [-0.2, 0) is 4.79 Å². The molecule has 4 rings (SSSR count). The van der Waals surface area contributed by atoms with Gasteiger partial charge in [-0.2, -0.15) is 4.98 Å². The van der Waals surface area contributed by atoms with Crippen LogP contribution in [0.1, 0.15) is 12.8 Å². The van der Waals surface area contributed by atoms with Crippen molar-refractivity contribution in [2.45, 2.75) is 12.8 Å². The molecule has 2 aromatic carbocycles. The summed E-state index contributed by atoms with van der Waals surface area (Å²) in [4.78, 5) is 20.2. The molecule has 142 valence electrons. The van der Waals surface area contributed by atoms with Gasteiger partial charge in [-0.25, -0.2) is 9.37 Å². The first-order valence-corrected chi connectivity index (χ1v) is 8.90. The lowest BCUT2D eigenvalue weighted by atomic mass is 10.2. The van der Waals surface area contributed by atoms with Crippen LogP contribution in [0, 0.1) is 11.7 Å². The molecule has 0 spiro atoms. The van der Waals surface area contributed by atoms with Gasteiger partial charge in [0.15, 0.2) is 11.6 Å². The van der Waals surface area contributed by atoms with Crippen LogP contribution < -0.4 is 21.7 Å². The van der Waals surface area contributed by atoms with E-state index in [1.807, 2.05) is 0 Å². The molecule has 1 aliphatic rings. The van der Waals surface area contributed by atoms with Crippen molar-refractivity contribution in [2.75, 3.05) is 21.7 Å². The number of hydrogen-bond acceptors (Lipinski definition) is 6. The lowest BCUT2D eigenvalue weighted by Crippen LogP contribution is -2.14. The second kappa shape index (κ2) is 7.51. The van der Waals surface area contributed by atoms with Crippen LogP contribution in [-0.4, -0.2) is 15.9 Å². The van der Waals surface area contributed by atoms with Gasteiger partial charge in [0.2, 0.25) is 11.9 Å². The van der Waals surface area contributed by atoms with Crippen LogP contribution in [0.25, 0.3) is 0 Å². The number of para-hydroxylation sites is 2. The van der Waals surface area contributed by atoms with E-state index in [0.717, 1.165) is 24.7 Å². The number of nitrogens with zero attached hydrogens (tertiary/aromatic N) is 2. The van der Waals surface area contributed by atoms with Crippen molar-refractivity contribution < 1.29 is 9.18 Å². The molecule has 1 fully saturated rings. The van der Waals surface area contributed by atoms with Gasteiger partial charge < -0.3 is 21.7 Å². The van der Waals surface area contributed by atoms with Crippen molar-refractivity contribution >= 4 is 40.4 Å². The van der Waals surface area contributed by atoms with Crippen molar-refractivity contribution in [2.24, 2.45) is 5.92 Å². The quantitative estimate of drug-likeness (QED) is 0.483. The summed E-state index contributed by atoms with van der Waals surface area (Å²) in [5.41, 5.74) is 8.16. The van der Waals surface area contributed by atoms with Gasteiger partial charge in [0.25, 0.3) is 0 Å². The van der Waals surface area contributed by atoms with Gasteiger partial charge in [-0.05, 0) is 49.2 Å². The Kier molecular flexibility index (Phi) is 4.76. The van der Waals surface area contributed by atoms with Crippen molar-refractivity contribution in [3.8, 4) is 0 Å². The number of halogens is 1. The molecule has 1 aliphatic carbocycles. The molecule has 3 aromatic rings. The highest BCUT2D eigenvalue weighted by Crippen LogP contribution is 2.32. The molecule has 0 unspecified atom stereocenters. The summed E-state index contributed by atoms with van der Waals surface area (Å²) in [7, 11) is 0. The number of nitrogens with two attached hydrogens (primary N) is 1.